The smallest absolute Gasteiger partial charge is 0.250 e. The number of fused-ring (bicyclic) bond motifs is 1. The Hall–Kier alpha value is -2.35. The van der Waals surface area contributed by atoms with Crippen molar-refractivity contribution < 1.29 is 4.79 Å². The number of amides is 1. The molecule has 0 saturated carbocycles. The van der Waals surface area contributed by atoms with Gasteiger partial charge in [-0.2, -0.15) is 0 Å². The van der Waals surface area contributed by atoms with Crippen LogP contribution >= 0.6 is 0 Å². The topological polar surface area (TPSA) is 20.3 Å². The fourth-order valence-electron chi connectivity index (χ4n) is 4.07. The number of rotatable bonds is 2. The fraction of sp³-hybridized carbons (Fsp3) is 0.286. The molecule has 1 aliphatic heterocycles. The van der Waals surface area contributed by atoms with E-state index in [-0.39, 0.29) is 16.9 Å². The van der Waals surface area contributed by atoms with E-state index in [2.05, 4.69) is 63.7 Å². The number of carbonyl (C=O) groups excluding carboxylic acids is 1. The molecule has 1 amide bonds. The molecule has 1 aliphatic rings. The van der Waals surface area contributed by atoms with Gasteiger partial charge in [0.25, 0.3) is 5.91 Å². The maximum atomic E-state index is 12.5. The summed E-state index contributed by atoms with van der Waals surface area (Å²) in [5, 5.41) is 0. The van der Waals surface area contributed by atoms with Crippen LogP contribution in [0.2, 0.25) is 0 Å². The van der Waals surface area contributed by atoms with Crippen molar-refractivity contribution in [1.82, 2.24) is 0 Å². The molecule has 0 spiro atoms. The highest BCUT2D eigenvalue weighted by Gasteiger charge is 2.46. The Bertz CT molecular complexity index is 747. The van der Waals surface area contributed by atoms with E-state index in [9.17, 15) is 4.79 Å². The van der Waals surface area contributed by atoms with Gasteiger partial charge in [0, 0.05) is 16.6 Å². The number of hydrogen-bond donors (Lipinski definition) is 0. The van der Waals surface area contributed by atoms with Gasteiger partial charge in [0.15, 0.2) is 0 Å². The molecule has 2 aromatic rings. The Morgan fingerprint density at radius 2 is 1.65 bits per heavy atom. The second-order valence-electron chi connectivity index (χ2n) is 7.08. The summed E-state index contributed by atoms with van der Waals surface area (Å²) in [4.78, 5) is 14.4. The lowest BCUT2D eigenvalue weighted by atomic mass is 9.65. The van der Waals surface area contributed by atoms with Gasteiger partial charge in [0.1, 0.15) is 0 Å². The van der Waals surface area contributed by atoms with Gasteiger partial charge < -0.3 is 4.90 Å². The molecule has 2 heteroatoms. The van der Waals surface area contributed by atoms with Crippen LogP contribution in [0, 0.1) is 0 Å². The van der Waals surface area contributed by atoms with Crippen molar-refractivity contribution in [3.05, 3.63) is 78.4 Å². The van der Waals surface area contributed by atoms with Crippen LogP contribution in [-0.4, -0.2) is 11.4 Å². The lowest BCUT2D eigenvalue weighted by molar-refractivity contribution is -0.115. The summed E-state index contributed by atoms with van der Waals surface area (Å²) in [5.74, 6) is -0.0439. The minimum atomic E-state index is -0.287. The van der Waals surface area contributed by atoms with Gasteiger partial charge in [-0.15, -0.1) is 0 Å². The summed E-state index contributed by atoms with van der Waals surface area (Å²) >= 11 is 0. The van der Waals surface area contributed by atoms with E-state index in [0.717, 1.165) is 12.1 Å². The van der Waals surface area contributed by atoms with Gasteiger partial charge in [0.05, 0.1) is 0 Å². The van der Waals surface area contributed by atoms with Crippen molar-refractivity contribution in [1.29, 1.82) is 0 Å². The molecule has 0 unspecified atom stereocenters. The second-order valence-corrected chi connectivity index (χ2v) is 7.08. The molecule has 0 aliphatic carbocycles. The molecule has 0 aromatic heterocycles. The Morgan fingerprint density at radius 1 is 1.04 bits per heavy atom. The quantitative estimate of drug-likeness (QED) is 0.737. The zero-order valence-corrected chi connectivity index (χ0v) is 14.0. The number of nitrogens with zero attached hydrogens (tertiary/aromatic N) is 1. The maximum absolute atomic E-state index is 12.5. The van der Waals surface area contributed by atoms with Crippen LogP contribution in [0.5, 0.6) is 0 Å². The lowest BCUT2D eigenvalue weighted by Gasteiger charge is -2.51. The monoisotopic (exact) mass is 305 g/mol. The molecule has 1 heterocycles. The Kier molecular flexibility index (Phi) is 3.63. The highest BCUT2D eigenvalue weighted by atomic mass is 16.2. The van der Waals surface area contributed by atoms with Crippen molar-refractivity contribution >= 4 is 11.6 Å². The van der Waals surface area contributed by atoms with E-state index >= 15 is 0 Å². The lowest BCUT2D eigenvalue weighted by Crippen LogP contribution is -2.55. The third kappa shape index (κ3) is 2.39. The highest BCUT2D eigenvalue weighted by Crippen LogP contribution is 2.50. The molecule has 1 atom stereocenters. The number of hydrogen-bond acceptors (Lipinski definition) is 1. The van der Waals surface area contributed by atoms with Gasteiger partial charge in [-0.1, -0.05) is 62.0 Å². The zero-order chi connectivity index (χ0) is 16.7. The summed E-state index contributed by atoms with van der Waals surface area (Å²) in [6.07, 6.45) is 2.27. The average Bonchev–Trinajstić information content (AvgIpc) is 2.54. The summed E-state index contributed by atoms with van der Waals surface area (Å²) in [6, 6.07) is 18.8. The molecule has 0 bridgehead atoms. The van der Waals surface area contributed by atoms with E-state index in [1.165, 1.54) is 17.2 Å². The van der Waals surface area contributed by atoms with Gasteiger partial charge >= 0.3 is 0 Å². The van der Waals surface area contributed by atoms with Gasteiger partial charge in [-0.25, -0.2) is 0 Å². The molecule has 23 heavy (non-hydrogen) atoms. The Labute approximate surface area is 138 Å². The van der Waals surface area contributed by atoms with Crippen LogP contribution in [0.1, 0.15) is 38.3 Å². The van der Waals surface area contributed by atoms with E-state index < -0.39 is 0 Å². The first-order chi connectivity index (χ1) is 10.9. The molecule has 0 saturated heterocycles. The summed E-state index contributed by atoms with van der Waals surface area (Å²) < 4.78 is 0. The molecule has 2 nitrogen and oxygen atoms in total. The predicted molar refractivity (Wildman–Crippen MR) is 95.7 cm³/mol. The van der Waals surface area contributed by atoms with Crippen LogP contribution in [0.15, 0.2) is 67.3 Å². The van der Waals surface area contributed by atoms with Crippen molar-refractivity contribution in [2.45, 2.75) is 38.1 Å². The van der Waals surface area contributed by atoms with Crippen LogP contribution in [0.3, 0.4) is 0 Å². The summed E-state index contributed by atoms with van der Waals surface area (Å²) in [7, 11) is 0. The van der Waals surface area contributed by atoms with Crippen molar-refractivity contribution in [2.24, 2.45) is 0 Å². The average molecular weight is 305 g/mol. The Morgan fingerprint density at radius 3 is 2.30 bits per heavy atom. The summed E-state index contributed by atoms with van der Waals surface area (Å²) in [6.45, 7) is 10.2. The number of para-hydroxylation sites is 1. The Balaban J connectivity index is 2.26. The first-order valence-corrected chi connectivity index (χ1v) is 8.02. The fourth-order valence-corrected chi connectivity index (χ4v) is 4.07. The molecule has 0 N–H and O–H groups in total. The van der Waals surface area contributed by atoms with E-state index in [4.69, 9.17) is 0 Å². The number of anilines is 1. The zero-order valence-electron chi connectivity index (χ0n) is 14.0. The van der Waals surface area contributed by atoms with E-state index in [1.807, 2.05) is 23.1 Å². The molecule has 3 rings (SSSR count). The molecule has 2 aromatic carbocycles. The van der Waals surface area contributed by atoms with E-state index in [0.29, 0.717) is 0 Å². The minimum absolute atomic E-state index is 0.0439. The van der Waals surface area contributed by atoms with Gasteiger partial charge in [-0.05, 0) is 43.5 Å². The van der Waals surface area contributed by atoms with Gasteiger partial charge in [-0.3, -0.25) is 4.79 Å². The number of carbonyl (C=O) groups is 1. The standard InChI is InChI=1S/C21H23NO/c1-5-19(23)22-18-14-10-9-13-17(18)21(4,15-20(22,2)3)16-11-7-6-8-12-16/h5-14H,1,15H2,2-4H3/t21-/m1/s1. The van der Waals surface area contributed by atoms with E-state index in [1.54, 1.807) is 0 Å². The summed E-state index contributed by atoms with van der Waals surface area (Å²) in [5.41, 5.74) is 3.05. The molecular weight excluding hydrogens is 282 g/mol. The molecule has 0 fully saturated rings. The van der Waals surface area contributed by atoms with Crippen molar-refractivity contribution in [2.75, 3.05) is 4.90 Å². The minimum Gasteiger partial charge on any atom is -0.303 e. The molecule has 118 valence electrons. The van der Waals surface area contributed by atoms with Crippen molar-refractivity contribution in [3.8, 4) is 0 Å². The largest absolute Gasteiger partial charge is 0.303 e. The molecular formula is C21H23NO. The highest BCUT2D eigenvalue weighted by molar-refractivity contribution is 6.03. The van der Waals surface area contributed by atoms with Crippen LogP contribution in [0.25, 0.3) is 0 Å². The van der Waals surface area contributed by atoms with Gasteiger partial charge in [0.2, 0.25) is 0 Å². The van der Waals surface area contributed by atoms with Crippen LogP contribution in [-0.2, 0) is 10.2 Å². The SMILES string of the molecule is C=CC(=O)N1c2ccccc2[C@@](C)(c2ccccc2)CC1(C)C. The third-order valence-corrected chi connectivity index (χ3v) is 4.94. The first kappa shape index (κ1) is 15.5. The van der Waals surface area contributed by atoms with Crippen molar-refractivity contribution in [3.63, 3.8) is 0 Å². The van der Waals surface area contributed by atoms with Crippen LogP contribution in [0.4, 0.5) is 5.69 Å². The first-order valence-electron chi connectivity index (χ1n) is 8.02. The second kappa shape index (κ2) is 5.38. The number of benzene rings is 2. The maximum Gasteiger partial charge on any atom is 0.250 e. The predicted octanol–water partition coefficient (Wildman–Crippen LogP) is 4.69. The normalized spacial score (nSPS) is 22.3. The molecule has 0 radical (unpaired) electrons. The van der Waals surface area contributed by atoms with Crippen LogP contribution < -0.4 is 4.90 Å². The third-order valence-electron chi connectivity index (χ3n) is 4.94.